The second kappa shape index (κ2) is 11.2. The van der Waals surface area contributed by atoms with Gasteiger partial charge in [-0.05, 0) is 31.4 Å². The zero-order chi connectivity index (χ0) is 27.4. The molecular weight excluding hydrogens is 500 g/mol. The molecule has 11 nitrogen and oxygen atoms in total. The molecule has 1 fully saturated rings. The zero-order valence-corrected chi connectivity index (χ0v) is 21.9. The molecule has 1 atom stereocenters. The summed E-state index contributed by atoms with van der Waals surface area (Å²) >= 11 is 0. The van der Waals surface area contributed by atoms with Crippen molar-refractivity contribution in [2.45, 2.75) is 52.2 Å². The van der Waals surface area contributed by atoms with Crippen LogP contribution in [0.1, 0.15) is 37.6 Å². The van der Waals surface area contributed by atoms with E-state index < -0.39 is 24.4 Å². The number of anilines is 1. The van der Waals surface area contributed by atoms with Gasteiger partial charge in [0.15, 0.2) is 0 Å². The van der Waals surface area contributed by atoms with E-state index in [4.69, 9.17) is 4.74 Å². The number of ether oxygens (including phenoxy) is 2. The monoisotopic (exact) mass is 531 g/mol. The lowest BCUT2D eigenvalue weighted by molar-refractivity contribution is -0.142. The van der Waals surface area contributed by atoms with Crippen LogP contribution in [0.25, 0.3) is 11.4 Å². The molecule has 0 saturated carbocycles. The van der Waals surface area contributed by atoms with Crippen molar-refractivity contribution in [1.29, 1.82) is 0 Å². The van der Waals surface area contributed by atoms with Gasteiger partial charge in [0.2, 0.25) is 0 Å². The molecule has 13 heteroatoms. The third kappa shape index (κ3) is 5.97. The third-order valence-electron chi connectivity index (χ3n) is 6.45. The number of halogens is 2. The highest BCUT2D eigenvalue weighted by Crippen LogP contribution is 2.36. The first-order valence-corrected chi connectivity index (χ1v) is 12.4. The lowest BCUT2D eigenvalue weighted by Gasteiger charge is -2.39. The van der Waals surface area contributed by atoms with Crippen LogP contribution in [0.4, 0.5) is 14.5 Å². The van der Waals surface area contributed by atoms with Crippen LogP contribution in [0, 0.1) is 12.8 Å². The summed E-state index contributed by atoms with van der Waals surface area (Å²) in [7, 11) is 2.94. The highest BCUT2D eigenvalue weighted by atomic mass is 19.3. The predicted molar refractivity (Wildman–Crippen MR) is 134 cm³/mol. The molecule has 0 aliphatic carbocycles. The number of pyridine rings is 1. The molecule has 0 amide bonds. The van der Waals surface area contributed by atoms with Crippen LogP contribution in [0.5, 0.6) is 5.88 Å². The smallest absolute Gasteiger partial charge is 0.313 e. The Bertz CT molecular complexity index is 1360. The lowest BCUT2D eigenvalue weighted by Crippen LogP contribution is -2.48. The number of aryl methyl sites for hydroxylation is 3. The number of alkyl halides is 2. The Labute approximate surface area is 218 Å². The Morgan fingerprint density at radius 1 is 1.29 bits per heavy atom. The van der Waals surface area contributed by atoms with Gasteiger partial charge >= 0.3 is 11.5 Å². The van der Waals surface area contributed by atoms with Gasteiger partial charge in [-0.15, -0.1) is 5.10 Å². The fourth-order valence-corrected chi connectivity index (χ4v) is 4.68. The zero-order valence-electron chi connectivity index (χ0n) is 21.9. The van der Waals surface area contributed by atoms with Gasteiger partial charge in [-0.2, -0.15) is 0 Å². The molecule has 1 unspecified atom stereocenters. The van der Waals surface area contributed by atoms with E-state index in [1.165, 1.54) is 22.6 Å². The fourth-order valence-electron chi connectivity index (χ4n) is 4.68. The van der Waals surface area contributed by atoms with Crippen LogP contribution in [0.3, 0.4) is 0 Å². The SMILES string of the molecule is CCCn1ccnc(OCc2c(-c3ccc(N4CC(CC(=O)OC)CC(F)(F)C4)c(C)n3)nnn2C)c1=O. The van der Waals surface area contributed by atoms with Crippen molar-refractivity contribution in [1.82, 2.24) is 29.5 Å². The summed E-state index contributed by atoms with van der Waals surface area (Å²) < 4.78 is 42.5. The predicted octanol–water partition coefficient (Wildman–Crippen LogP) is 2.76. The largest absolute Gasteiger partial charge is 0.469 e. The van der Waals surface area contributed by atoms with Gasteiger partial charge in [-0.1, -0.05) is 12.1 Å². The third-order valence-corrected chi connectivity index (χ3v) is 6.45. The number of aromatic nitrogens is 6. The first-order chi connectivity index (χ1) is 18.1. The van der Waals surface area contributed by atoms with E-state index in [9.17, 15) is 18.4 Å². The molecule has 0 aromatic carbocycles. The first-order valence-electron chi connectivity index (χ1n) is 12.4. The van der Waals surface area contributed by atoms with Crippen molar-refractivity contribution >= 4 is 11.7 Å². The molecule has 1 saturated heterocycles. The normalized spacial score (nSPS) is 16.9. The number of esters is 1. The molecule has 0 N–H and O–H groups in total. The van der Waals surface area contributed by atoms with Crippen LogP contribution < -0.4 is 15.2 Å². The van der Waals surface area contributed by atoms with E-state index >= 15 is 0 Å². The minimum absolute atomic E-state index is 0.0206. The molecule has 0 spiro atoms. The van der Waals surface area contributed by atoms with Crippen molar-refractivity contribution in [3.05, 3.63) is 46.3 Å². The minimum atomic E-state index is -2.95. The van der Waals surface area contributed by atoms with Gasteiger partial charge in [-0.25, -0.2) is 23.4 Å². The number of methoxy groups -OCH3 is 1. The second-order valence-corrected chi connectivity index (χ2v) is 9.42. The summed E-state index contributed by atoms with van der Waals surface area (Å²) in [6.07, 6.45) is 3.47. The van der Waals surface area contributed by atoms with E-state index in [0.29, 0.717) is 35.0 Å². The Kier molecular flexibility index (Phi) is 8.02. The minimum Gasteiger partial charge on any atom is -0.469 e. The van der Waals surface area contributed by atoms with Gasteiger partial charge in [0.1, 0.15) is 18.0 Å². The van der Waals surface area contributed by atoms with Crippen molar-refractivity contribution in [3.63, 3.8) is 0 Å². The van der Waals surface area contributed by atoms with Crippen molar-refractivity contribution < 1.29 is 23.0 Å². The van der Waals surface area contributed by atoms with Gasteiger partial charge in [0.25, 0.3) is 11.8 Å². The van der Waals surface area contributed by atoms with E-state index in [1.807, 2.05) is 6.92 Å². The van der Waals surface area contributed by atoms with Gasteiger partial charge < -0.3 is 18.9 Å². The van der Waals surface area contributed by atoms with Crippen LogP contribution in [-0.4, -0.2) is 61.6 Å². The Morgan fingerprint density at radius 3 is 2.79 bits per heavy atom. The Morgan fingerprint density at radius 2 is 2.08 bits per heavy atom. The summed E-state index contributed by atoms with van der Waals surface area (Å²) in [5, 5.41) is 8.28. The van der Waals surface area contributed by atoms with Gasteiger partial charge in [0, 0.05) is 39.0 Å². The topological polar surface area (TPSA) is 117 Å². The van der Waals surface area contributed by atoms with Crippen molar-refractivity contribution in [3.8, 4) is 17.3 Å². The molecule has 0 radical (unpaired) electrons. The lowest BCUT2D eigenvalue weighted by atomic mass is 9.91. The maximum atomic E-state index is 14.5. The average Bonchev–Trinajstić information content (AvgIpc) is 3.23. The van der Waals surface area contributed by atoms with Crippen LogP contribution in [0.15, 0.2) is 29.3 Å². The maximum absolute atomic E-state index is 14.5. The van der Waals surface area contributed by atoms with E-state index in [0.717, 1.165) is 6.42 Å². The van der Waals surface area contributed by atoms with Crippen molar-refractivity contribution in [2.75, 3.05) is 25.1 Å². The quantitative estimate of drug-likeness (QED) is 0.384. The number of piperidine rings is 1. The van der Waals surface area contributed by atoms with Crippen LogP contribution in [0.2, 0.25) is 0 Å². The number of hydrogen-bond donors (Lipinski definition) is 0. The molecule has 1 aliphatic rings. The standard InChI is InChI=1S/C25H31F2N7O4/c1-5-9-33-10-8-28-23(24(33)36)38-14-20-22(30-31-32(20)3)18-6-7-19(16(2)29-18)34-13-17(11-21(35)37-4)12-25(26,27)15-34/h6-8,10,17H,5,9,11-15H2,1-4H3. The van der Waals surface area contributed by atoms with Crippen LogP contribution in [-0.2, 0) is 29.7 Å². The summed E-state index contributed by atoms with van der Waals surface area (Å²) in [6, 6.07) is 3.41. The number of carbonyl (C=O) groups excluding carboxylic acids is 1. The number of nitrogens with zero attached hydrogens (tertiary/aromatic N) is 7. The first kappa shape index (κ1) is 27.1. The second-order valence-electron chi connectivity index (χ2n) is 9.42. The average molecular weight is 532 g/mol. The molecule has 0 bridgehead atoms. The van der Waals surface area contributed by atoms with E-state index in [-0.39, 0.29) is 37.4 Å². The van der Waals surface area contributed by atoms with E-state index in [1.54, 1.807) is 37.2 Å². The molecule has 1 aliphatic heterocycles. The van der Waals surface area contributed by atoms with Gasteiger partial charge in [-0.3, -0.25) is 9.59 Å². The molecular formula is C25H31F2N7O4. The van der Waals surface area contributed by atoms with Crippen molar-refractivity contribution in [2.24, 2.45) is 13.0 Å². The summed E-state index contributed by atoms with van der Waals surface area (Å²) in [4.78, 5) is 34.5. The number of carbonyl (C=O) groups is 1. The highest BCUT2D eigenvalue weighted by Gasteiger charge is 2.41. The Balaban J connectivity index is 1.55. The highest BCUT2D eigenvalue weighted by molar-refractivity contribution is 5.69. The number of hydrogen-bond acceptors (Lipinski definition) is 9. The maximum Gasteiger partial charge on any atom is 0.313 e. The molecule has 4 rings (SSSR count). The fraction of sp³-hybridized carbons (Fsp3) is 0.520. The van der Waals surface area contributed by atoms with Gasteiger partial charge in [0.05, 0.1) is 37.2 Å². The molecule has 204 valence electrons. The van der Waals surface area contributed by atoms with Crippen LogP contribution >= 0.6 is 0 Å². The molecule has 3 aromatic heterocycles. The van der Waals surface area contributed by atoms with E-state index in [2.05, 4.69) is 25.0 Å². The Hall–Kier alpha value is -3.90. The number of rotatable bonds is 9. The summed E-state index contributed by atoms with van der Waals surface area (Å²) in [5.74, 6) is -4.02. The summed E-state index contributed by atoms with van der Waals surface area (Å²) in [6.45, 7) is 4.06. The molecule has 3 aromatic rings. The summed E-state index contributed by atoms with van der Waals surface area (Å²) in [5.41, 5.74) is 2.25. The molecule has 4 heterocycles. The molecule has 38 heavy (non-hydrogen) atoms.